The summed E-state index contributed by atoms with van der Waals surface area (Å²) in [4.78, 5) is 16.1. The molecule has 0 unspecified atom stereocenters. The van der Waals surface area contributed by atoms with E-state index in [1.807, 2.05) is 36.4 Å². The number of hydrogen-bond donors (Lipinski definition) is 1. The van der Waals surface area contributed by atoms with Gasteiger partial charge in [-0.25, -0.2) is 9.78 Å². The third-order valence-corrected chi connectivity index (χ3v) is 3.82. The SMILES string of the molecule is CCOC(=O)c1cn2ccc(Oc3ccc(-c4ccn[nH]4)cc3)cc2n1. The Balaban J connectivity index is 1.54. The Labute approximate surface area is 149 Å². The highest BCUT2D eigenvalue weighted by Gasteiger charge is 2.12. The number of nitrogens with zero attached hydrogens (tertiary/aromatic N) is 3. The van der Waals surface area contributed by atoms with Gasteiger partial charge in [0.25, 0.3) is 0 Å². The summed E-state index contributed by atoms with van der Waals surface area (Å²) < 4.78 is 12.6. The molecule has 7 nitrogen and oxygen atoms in total. The Kier molecular flexibility index (Phi) is 4.10. The normalized spacial score (nSPS) is 10.8. The highest BCUT2D eigenvalue weighted by atomic mass is 16.5. The lowest BCUT2D eigenvalue weighted by Gasteiger charge is -2.06. The summed E-state index contributed by atoms with van der Waals surface area (Å²) in [6, 6.07) is 13.2. The van der Waals surface area contributed by atoms with Crippen molar-refractivity contribution < 1.29 is 14.3 Å². The lowest BCUT2D eigenvalue weighted by atomic mass is 10.1. The number of hydrogen-bond acceptors (Lipinski definition) is 5. The van der Waals surface area contributed by atoms with E-state index in [-0.39, 0.29) is 5.69 Å². The lowest BCUT2D eigenvalue weighted by molar-refractivity contribution is 0.0520. The number of nitrogens with one attached hydrogen (secondary N) is 1. The van der Waals surface area contributed by atoms with Crippen molar-refractivity contribution in [1.29, 1.82) is 0 Å². The molecule has 0 aliphatic heterocycles. The van der Waals surface area contributed by atoms with Gasteiger partial charge in [0.15, 0.2) is 5.69 Å². The Morgan fingerprint density at radius 1 is 1.15 bits per heavy atom. The van der Waals surface area contributed by atoms with Crippen molar-refractivity contribution in [3.05, 3.63) is 66.7 Å². The predicted octanol–water partition coefficient (Wildman–Crippen LogP) is 3.69. The van der Waals surface area contributed by atoms with E-state index in [0.29, 0.717) is 23.8 Å². The lowest BCUT2D eigenvalue weighted by Crippen LogP contribution is -2.04. The van der Waals surface area contributed by atoms with Crippen LogP contribution in [0.2, 0.25) is 0 Å². The molecule has 0 saturated heterocycles. The topological polar surface area (TPSA) is 81.5 Å². The van der Waals surface area contributed by atoms with Crippen molar-refractivity contribution in [2.24, 2.45) is 0 Å². The Bertz CT molecular complexity index is 1040. The molecule has 0 radical (unpaired) electrons. The Morgan fingerprint density at radius 3 is 2.73 bits per heavy atom. The van der Waals surface area contributed by atoms with Crippen molar-refractivity contribution in [3.8, 4) is 22.8 Å². The van der Waals surface area contributed by atoms with Crippen LogP contribution in [0.3, 0.4) is 0 Å². The van der Waals surface area contributed by atoms with Crippen LogP contribution in [0.4, 0.5) is 0 Å². The van der Waals surface area contributed by atoms with Gasteiger partial charge in [0, 0.05) is 24.7 Å². The smallest absolute Gasteiger partial charge is 0.358 e. The summed E-state index contributed by atoms with van der Waals surface area (Å²) in [5.74, 6) is 0.899. The van der Waals surface area contributed by atoms with Crippen molar-refractivity contribution in [2.75, 3.05) is 6.61 Å². The average Bonchev–Trinajstić information content (AvgIpc) is 3.32. The minimum atomic E-state index is -0.437. The number of imidazole rings is 1. The maximum atomic E-state index is 11.8. The molecule has 0 saturated carbocycles. The molecule has 0 spiro atoms. The Hall–Kier alpha value is -3.61. The second kappa shape index (κ2) is 6.72. The van der Waals surface area contributed by atoms with Crippen molar-refractivity contribution in [1.82, 2.24) is 19.6 Å². The van der Waals surface area contributed by atoms with E-state index in [9.17, 15) is 4.79 Å². The van der Waals surface area contributed by atoms with Crippen LogP contribution >= 0.6 is 0 Å². The minimum Gasteiger partial charge on any atom is -0.461 e. The quantitative estimate of drug-likeness (QED) is 0.556. The van der Waals surface area contributed by atoms with E-state index < -0.39 is 5.97 Å². The van der Waals surface area contributed by atoms with Gasteiger partial charge in [-0.3, -0.25) is 5.10 Å². The maximum Gasteiger partial charge on any atom is 0.358 e. The fourth-order valence-corrected chi connectivity index (χ4v) is 2.59. The number of fused-ring (bicyclic) bond motifs is 1. The zero-order valence-electron chi connectivity index (χ0n) is 14.0. The van der Waals surface area contributed by atoms with E-state index in [0.717, 1.165) is 11.3 Å². The molecule has 1 N–H and O–H groups in total. The molecule has 0 aliphatic carbocycles. The molecule has 26 heavy (non-hydrogen) atoms. The average molecular weight is 348 g/mol. The molecule has 3 heterocycles. The number of benzene rings is 1. The third kappa shape index (κ3) is 3.14. The van der Waals surface area contributed by atoms with Crippen LogP contribution in [0.5, 0.6) is 11.5 Å². The summed E-state index contributed by atoms with van der Waals surface area (Å²) >= 11 is 0. The largest absolute Gasteiger partial charge is 0.461 e. The number of carbonyl (C=O) groups is 1. The summed E-state index contributed by atoms with van der Waals surface area (Å²) in [5, 5.41) is 6.87. The number of H-pyrrole nitrogens is 1. The molecule has 0 amide bonds. The molecule has 4 aromatic rings. The number of aromatic amines is 1. The molecule has 7 heteroatoms. The fraction of sp³-hybridized carbons (Fsp3) is 0.105. The van der Waals surface area contributed by atoms with Crippen LogP contribution in [0.25, 0.3) is 16.9 Å². The van der Waals surface area contributed by atoms with Gasteiger partial charge in [0.05, 0.1) is 12.3 Å². The standard InChI is InChI=1S/C19H16N4O3/c1-2-25-19(24)17-12-23-10-8-15(11-18(23)21-17)26-14-5-3-13(4-6-14)16-7-9-20-22-16/h3-12H,2H2,1H3,(H,20,22). The summed E-state index contributed by atoms with van der Waals surface area (Å²) in [6.45, 7) is 2.08. The molecular weight excluding hydrogens is 332 g/mol. The van der Waals surface area contributed by atoms with Gasteiger partial charge in [-0.05, 0) is 48.9 Å². The number of carbonyl (C=O) groups excluding carboxylic acids is 1. The van der Waals surface area contributed by atoms with Gasteiger partial charge in [0.2, 0.25) is 0 Å². The number of pyridine rings is 1. The first-order valence-corrected chi connectivity index (χ1v) is 8.16. The summed E-state index contributed by atoms with van der Waals surface area (Å²) in [6.07, 6.45) is 5.14. The first-order chi connectivity index (χ1) is 12.7. The highest BCUT2D eigenvalue weighted by Crippen LogP contribution is 2.25. The van der Waals surface area contributed by atoms with Crippen LogP contribution in [-0.4, -0.2) is 32.2 Å². The maximum absolute atomic E-state index is 11.8. The van der Waals surface area contributed by atoms with Crippen molar-refractivity contribution >= 4 is 11.6 Å². The number of ether oxygens (including phenoxy) is 2. The summed E-state index contributed by atoms with van der Waals surface area (Å²) in [5.41, 5.74) is 2.85. The third-order valence-electron chi connectivity index (χ3n) is 3.82. The van der Waals surface area contributed by atoms with Crippen molar-refractivity contribution in [3.63, 3.8) is 0 Å². The molecule has 1 aromatic carbocycles. The second-order valence-electron chi connectivity index (χ2n) is 5.57. The van der Waals surface area contributed by atoms with E-state index >= 15 is 0 Å². The van der Waals surface area contributed by atoms with Crippen LogP contribution in [0, 0.1) is 0 Å². The predicted molar refractivity (Wildman–Crippen MR) is 95.2 cm³/mol. The molecule has 4 rings (SSSR count). The fourth-order valence-electron chi connectivity index (χ4n) is 2.59. The monoisotopic (exact) mass is 348 g/mol. The van der Waals surface area contributed by atoms with Crippen LogP contribution in [0.15, 0.2) is 61.1 Å². The van der Waals surface area contributed by atoms with E-state index in [1.54, 1.807) is 36.0 Å². The molecule has 0 aliphatic rings. The highest BCUT2D eigenvalue weighted by molar-refractivity contribution is 5.88. The van der Waals surface area contributed by atoms with Gasteiger partial charge in [0.1, 0.15) is 17.1 Å². The molecule has 0 atom stereocenters. The molecular formula is C19H16N4O3. The Morgan fingerprint density at radius 2 is 2.00 bits per heavy atom. The molecule has 0 bridgehead atoms. The zero-order valence-corrected chi connectivity index (χ0v) is 14.0. The number of esters is 1. The number of aromatic nitrogens is 4. The number of rotatable bonds is 5. The summed E-state index contributed by atoms with van der Waals surface area (Å²) in [7, 11) is 0. The van der Waals surface area contributed by atoms with Gasteiger partial charge in [-0.15, -0.1) is 0 Å². The van der Waals surface area contributed by atoms with Gasteiger partial charge in [-0.1, -0.05) is 0 Å². The van der Waals surface area contributed by atoms with Crippen LogP contribution in [-0.2, 0) is 4.74 Å². The van der Waals surface area contributed by atoms with Crippen LogP contribution < -0.4 is 4.74 Å². The van der Waals surface area contributed by atoms with Crippen LogP contribution in [0.1, 0.15) is 17.4 Å². The van der Waals surface area contributed by atoms with Gasteiger partial charge >= 0.3 is 5.97 Å². The minimum absolute atomic E-state index is 0.271. The first kappa shape index (κ1) is 15.9. The van der Waals surface area contributed by atoms with Gasteiger partial charge < -0.3 is 13.9 Å². The first-order valence-electron chi connectivity index (χ1n) is 8.16. The van der Waals surface area contributed by atoms with Gasteiger partial charge in [-0.2, -0.15) is 5.10 Å². The van der Waals surface area contributed by atoms with E-state index in [4.69, 9.17) is 9.47 Å². The second-order valence-corrected chi connectivity index (χ2v) is 5.57. The van der Waals surface area contributed by atoms with E-state index in [2.05, 4.69) is 15.2 Å². The molecule has 0 fully saturated rings. The zero-order chi connectivity index (χ0) is 17.9. The van der Waals surface area contributed by atoms with E-state index in [1.165, 1.54) is 0 Å². The molecule has 130 valence electrons. The van der Waals surface area contributed by atoms with Crippen molar-refractivity contribution in [2.45, 2.75) is 6.92 Å². The molecule has 3 aromatic heterocycles.